The molecule has 1 fully saturated rings. The maximum absolute atomic E-state index is 11.5. The highest BCUT2D eigenvalue weighted by Gasteiger charge is 2.51. The molecule has 0 unspecified atom stereocenters. The summed E-state index contributed by atoms with van der Waals surface area (Å²) in [6.07, 6.45) is -3.02. The first-order valence-corrected chi connectivity index (χ1v) is 7.85. The SMILES string of the molecule is COC(=O)c1ncn([C@@H]2O[C@H](COC(C)=O)[C@H](OC(C)=O)[C@H]2OC(C)=O)n1. The summed E-state index contributed by atoms with van der Waals surface area (Å²) in [6, 6.07) is 0. The largest absolute Gasteiger partial charge is 0.463 e. The number of hydrogen-bond donors (Lipinski definition) is 0. The van der Waals surface area contributed by atoms with Crippen LogP contribution in [0.4, 0.5) is 0 Å². The minimum atomic E-state index is -1.11. The highest BCUT2D eigenvalue weighted by atomic mass is 16.7. The van der Waals surface area contributed by atoms with E-state index < -0.39 is 48.4 Å². The zero-order valence-corrected chi connectivity index (χ0v) is 15.1. The number of rotatable bonds is 6. The Morgan fingerprint density at radius 2 is 1.70 bits per heavy atom. The molecular formula is C15H19N3O9. The van der Waals surface area contributed by atoms with E-state index in [1.807, 2.05) is 0 Å². The third-order valence-electron chi connectivity index (χ3n) is 3.48. The fourth-order valence-electron chi connectivity index (χ4n) is 2.49. The van der Waals surface area contributed by atoms with Crippen LogP contribution in [0.15, 0.2) is 6.33 Å². The van der Waals surface area contributed by atoms with Gasteiger partial charge in [0.15, 0.2) is 18.4 Å². The number of esters is 4. The molecule has 0 spiro atoms. The van der Waals surface area contributed by atoms with Gasteiger partial charge >= 0.3 is 23.9 Å². The first-order chi connectivity index (χ1) is 12.7. The molecular weight excluding hydrogens is 366 g/mol. The molecule has 12 heteroatoms. The second kappa shape index (κ2) is 8.58. The Bertz CT molecular complexity index is 732. The summed E-state index contributed by atoms with van der Waals surface area (Å²) in [5, 5.41) is 3.93. The summed E-state index contributed by atoms with van der Waals surface area (Å²) in [5.74, 6) is -2.89. The predicted molar refractivity (Wildman–Crippen MR) is 83.0 cm³/mol. The highest BCUT2D eigenvalue weighted by Crippen LogP contribution is 2.34. The van der Waals surface area contributed by atoms with Crippen LogP contribution < -0.4 is 0 Å². The summed E-state index contributed by atoms with van der Waals surface area (Å²) >= 11 is 0. The van der Waals surface area contributed by atoms with Crippen LogP contribution in [0.25, 0.3) is 0 Å². The van der Waals surface area contributed by atoms with Gasteiger partial charge in [0.25, 0.3) is 5.82 Å². The molecule has 1 aromatic heterocycles. The van der Waals surface area contributed by atoms with E-state index in [1.165, 1.54) is 34.2 Å². The van der Waals surface area contributed by atoms with Crippen LogP contribution in [0.3, 0.4) is 0 Å². The van der Waals surface area contributed by atoms with Crippen LogP contribution in [0.5, 0.6) is 0 Å². The number of methoxy groups -OCH3 is 1. The quantitative estimate of drug-likeness (QED) is 0.456. The van der Waals surface area contributed by atoms with Crippen LogP contribution in [-0.2, 0) is 38.1 Å². The number of aromatic nitrogens is 3. The maximum atomic E-state index is 11.5. The van der Waals surface area contributed by atoms with Gasteiger partial charge in [0, 0.05) is 20.8 Å². The number of ether oxygens (including phenoxy) is 5. The molecule has 4 atom stereocenters. The number of carbonyl (C=O) groups is 4. The molecule has 0 radical (unpaired) electrons. The molecule has 1 aromatic rings. The second-order valence-corrected chi connectivity index (χ2v) is 5.56. The van der Waals surface area contributed by atoms with Crippen molar-refractivity contribution in [3.8, 4) is 0 Å². The van der Waals surface area contributed by atoms with Crippen LogP contribution >= 0.6 is 0 Å². The van der Waals surface area contributed by atoms with Crippen molar-refractivity contribution in [2.45, 2.75) is 45.3 Å². The number of carbonyl (C=O) groups excluding carboxylic acids is 4. The van der Waals surface area contributed by atoms with Crippen molar-refractivity contribution in [2.75, 3.05) is 13.7 Å². The lowest BCUT2D eigenvalue weighted by molar-refractivity contribution is -0.166. The molecule has 0 aliphatic carbocycles. The third-order valence-corrected chi connectivity index (χ3v) is 3.48. The molecule has 1 aliphatic rings. The van der Waals surface area contributed by atoms with E-state index in [-0.39, 0.29) is 12.4 Å². The lowest BCUT2D eigenvalue weighted by Gasteiger charge is -2.23. The number of hydrogen-bond acceptors (Lipinski definition) is 11. The summed E-state index contributed by atoms with van der Waals surface area (Å²) in [5.41, 5.74) is 0. The minimum absolute atomic E-state index is 0.241. The average molecular weight is 385 g/mol. The normalized spacial score (nSPS) is 24.1. The van der Waals surface area contributed by atoms with Gasteiger partial charge in [-0.1, -0.05) is 0 Å². The first-order valence-electron chi connectivity index (χ1n) is 7.85. The van der Waals surface area contributed by atoms with Crippen molar-refractivity contribution >= 4 is 23.9 Å². The van der Waals surface area contributed by atoms with Gasteiger partial charge in [0.2, 0.25) is 0 Å². The smallest absolute Gasteiger partial charge is 0.377 e. The fourth-order valence-corrected chi connectivity index (χ4v) is 2.49. The van der Waals surface area contributed by atoms with Crippen molar-refractivity contribution in [2.24, 2.45) is 0 Å². The van der Waals surface area contributed by atoms with Gasteiger partial charge in [-0.2, -0.15) is 0 Å². The molecule has 0 bridgehead atoms. The third kappa shape index (κ3) is 5.00. The van der Waals surface area contributed by atoms with Crippen molar-refractivity contribution < 1.29 is 42.9 Å². The van der Waals surface area contributed by atoms with Crippen LogP contribution in [0.1, 0.15) is 37.6 Å². The maximum Gasteiger partial charge on any atom is 0.377 e. The summed E-state index contributed by atoms with van der Waals surface area (Å²) in [6.45, 7) is 3.30. The second-order valence-electron chi connectivity index (χ2n) is 5.56. The van der Waals surface area contributed by atoms with Crippen molar-refractivity contribution in [1.29, 1.82) is 0 Å². The van der Waals surface area contributed by atoms with Gasteiger partial charge in [-0.25, -0.2) is 14.5 Å². The van der Waals surface area contributed by atoms with Gasteiger partial charge in [0.1, 0.15) is 19.0 Å². The first kappa shape index (κ1) is 20.3. The molecule has 2 heterocycles. The van der Waals surface area contributed by atoms with Gasteiger partial charge in [0.05, 0.1) is 7.11 Å². The van der Waals surface area contributed by atoms with Gasteiger partial charge in [-0.3, -0.25) is 14.4 Å². The van der Waals surface area contributed by atoms with E-state index in [9.17, 15) is 19.2 Å². The van der Waals surface area contributed by atoms with Gasteiger partial charge in [-0.15, -0.1) is 5.10 Å². The van der Waals surface area contributed by atoms with Gasteiger partial charge < -0.3 is 23.7 Å². The van der Waals surface area contributed by atoms with Crippen molar-refractivity contribution in [1.82, 2.24) is 14.8 Å². The molecule has 0 amide bonds. The average Bonchev–Trinajstić information content (AvgIpc) is 3.18. The molecule has 0 N–H and O–H groups in total. The molecule has 12 nitrogen and oxygen atoms in total. The molecule has 27 heavy (non-hydrogen) atoms. The molecule has 2 rings (SSSR count). The van der Waals surface area contributed by atoms with Crippen LogP contribution in [-0.4, -0.2) is 70.7 Å². The molecule has 1 aliphatic heterocycles. The summed E-state index contributed by atoms with van der Waals surface area (Å²) in [7, 11) is 1.17. The van der Waals surface area contributed by atoms with Crippen molar-refractivity contribution in [3.63, 3.8) is 0 Å². The fraction of sp³-hybridized carbons (Fsp3) is 0.600. The Morgan fingerprint density at radius 1 is 1.07 bits per heavy atom. The monoisotopic (exact) mass is 385 g/mol. The Balaban J connectivity index is 2.33. The van der Waals surface area contributed by atoms with E-state index in [1.54, 1.807) is 0 Å². The van der Waals surface area contributed by atoms with Gasteiger partial charge in [-0.05, 0) is 0 Å². The summed E-state index contributed by atoms with van der Waals surface area (Å²) in [4.78, 5) is 49.4. The molecule has 0 saturated carbocycles. The molecule has 1 saturated heterocycles. The molecule has 148 valence electrons. The zero-order chi connectivity index (χ0) is 20.1. The Morgan fingerprint density at radius 3 is 2.26 bits per heavy atom. The number of nitrogens with zero attached hydrogens (tertiary/aromatic N) is 3. The lowest BCUT2D eigenvalue weighted by atomic mass is 10.1. The van der Waals surface area contributed by atoms with E-state index in [0.717, 1.165) is 4.68 Å². The minimum Gasteiger partial charge on any atom is -0.463 e. The standard InChI is InChI=1S/C15H19N3O9/c1-7(19)24-5-10-11(25-8(2)20)12(26-9(3)21)14(27-10)18-6-16-13(17-18)15(22)23-4/h6,10-12,14H,5H2,1-4H3/t10-,11+,12-,14-/m1/s1. The highest BCUT2D eigenvalue weighted by molar-refractivity contribution is 5.84. The van der Waals surface area contributed by atoms with E-state index in [4.69, 9.17) is 18.9 Å². The summed E-state index contributed by atoms with van der Waals surface area (Å²) < 4.78 is 26.8. The lowest BCUT2D eigenvalue weighted by Crippen LogP contribution is -2.40. The van der Waals surface area contributed by atoms with Crippen molar-refractivity contribution in [3.05, 3.63) is 12.2 Å². The zero-order valence-electron chi connectivity index (χ0n) is 15.1. The van der Waals surface area contributed by atoms with E-state index in [2.05, 4.69) is 14.8 Å². The Labute approximate surface area is 153 Å². The van der Waals surface area contributed by atoms with Crippen LogP contribution in [0.2, 0.25) is 0 Å². The van der Waals surface area contributed by atoms with E-state index >= 15 is 0 Å². The Kier molecular flexibility index (Phi) is 6.45. The Hall–Kier alpha value is -3.02. The predicted octanol–water partition coefficient (Wildman–Crippen LogP) is -0.611. The topological polar surface area (TPSA) is 145 Å². The van der Waals surface area contributed by atoms with Crippen LogP contribution in [0, 0.1) is 0 Å². The molecule has 0 aromatic carbocycles. The van der Waals surface area contributed by atoms with E-state index in [0.29, 0.717) is 0 Å².